The van der Waals surface area contributed by atoms with Crippen LogP contribution in [0, 0.1) is 11.8 Å². The molecule has 1 unspecified atom stereocenters. The van der Waals surface area contributed by atoms with Crippen LogP contribution in [0.1, 0.15) is 85.3 Å². The smallest absolute Gasteiger partial charge is 0.115 e. The maximum Gasteiger partial charge on any atom is 0.115 e. The summed E-state index contributed by atoms with van der Waals surface area (Å²) in [6.07, 6.45) is 7.49. The average molecular weight is 378 g/mol. The summed E-state index contributed by atoms with van der Waals surface area (Å²) < 4.78 is 12.6. The van der Waals surface area contributed by atoms with Gasteiger partial charge in [-0.25, -0.2) is 4.39 Å². The molecule has 1 nitrogen and oxygen atoms in total. The van der Waals surface area contributed by atoms with Gasteiger partial charge in [-0.15, -0.1) is 0 Å². The summed E-state index contributed by atoms with van der Waals surface area (Å²) in [6.45, 7) is 17.7. The SMILES string of the molecule is C/C=C(\CCC1CN2CCC1CC2)c1ccc(CF)cc1.CC.CC.CC. The van der Waals surface area contributed by atoms with Gasteiger partial charge in [0.15, 0.2) is 0 Å². The van der Waals surface area contributed by atoms with Crippen molar-refractivity contribution in [3.8, 4) is 0 Å². The van der Waals surface area contributed by atoms with Crippen LogP contribution in [0.5, 0.6) is 0 Å². The summed E-state index contributed by atoms with van der Waals surface area (Å²) >= 11 is 0. The minimum absolute atomic E-state index is 0.370. The Morgan fingerprint density at radius 2 is 1.56 bits per heavy atom. The van der Waals surface area contributed by atoms with Crippen molar-refractivity contribution >= 4 is 5.57 Å². The maximum absolute atomic E-state index is 12.6. The number of benzene rings is 1. The zero-order chi connectivity index (χ0) is 20.7. The Kier molecular flexibility index (Phi) is 15.2. The molecule has 0 aliphatic carbocycles. The Bertz CT molecular complexity index is 484. The van der Waals surface area contributed by atoms with Gasteiger partial charge in [0.2, 0.25) is 0 Å². The van der Waals surface area contributed by atoms with Gasteiger partial charge in [-0.1, -0.05) is 71.9 Å². The van der Waals surface area contributed by atoms with Gasteiger partial charge in [-0.05, 0) is 74.2 Å². The molecule has 3 saturated heterocycles. The number of fused-ring (bicyclic) bond motifs is 3. The molecule has 27 heavy (non-hydrogen) atoms. The van der Waals surface area contributed by atoms with E-state index in [1.807, 2.05) is 53.7 Å². The highest BCUT2D eigenvalue weighted by Gasteiger charge is 2.33. The van der Waals surface area contributed by atoms with E-state index in [0.717, 1.165) is 23.8 Å². The molecular formula is C25H44FN. The summed E-state index contributed by atoms with van der Waals surface area (Å²) in [7, 11) is 0. The van der Waals surface area contributed by atoms with Gasteiger partial charge < -0.3 is 4.90 Å². The summed E-state index contributed by atoms with van der Waals surface area (Å²) in [5.74, 6) is 1.84. The molecule has 3 fully saturated rings. The third kappa shape index (κ3) is 8.17. The van der Waals surface area contributed by atoms with E-state index in [1.165, 1.54) is 50.0 Å². The molecule has 3 heterocycles. The Balaban J connectivity index is 0.00000103. The molecule has 1 aromatic carbocycles. The fourth-order valence-electron chi connectivity index (χ4n) is 4.02. The molecule has 1 aromatic rings. The lowest BCUT2D eigenvalue weighted by Gasteiger charge is -2.45. The topological polar surface area (TPSA) is 3.24 Å². The lowest BCUT2D eigenvalue weighted by atomic mass is 9.76. The van der Waals surface area contributed by atoms with Crippen molar-refractivity contribution in [2.75, 3.05) is 19.6 Å². The third-order valence-corrected chi connectivity index (χ3v) is 5.40. The van der Waals surface area contributed by atoms with Crippen molar-refractivity contribution in [2.45, 2.75) is 80.8 Å². The summed E-state index contributed by atoms with van der Waals surface area (Å²) in [5, 5.41) is 0. The number of hydrogen-bond acceptors (Lipinski definition) is 1. The van der Waals surface area contributed by atoms with Gasteiger partial charge in [0, 0.05) is 6.54 Å². The normalized spacial score (nSPS) is 23.1. The van der Waals surface area contributed by atoms with E-state index in [-0.39, 0.29) is 6.67 Å². The minimum Gasteiger partial charge on any atom is -0.303 e. The monoisotopic (exact) mass is 377 g/mol. The lowest BCUT2D eigenvalue weighted by Crippen LogP contribution is -2.47. The van der Waals surface area contributed by atoms with Crippen LogP contribution in [0.15, 0.2) is 30.3 Å². The van der Waals surface area contributed by atoms with Crippen molar-refractivity contribution in [3.05, 3.63) is 41.5 Å². The van der Waals surface area contributed by atoms with Gasteiger partial charge >= 0.3 is 0 Å². The van der Waals surface area contributed by atoms with E-state index in [4.69, 9.17) is 0 Å². The molecule has 2 heteroatoms. The van der Waals surface area contributed by atoms with Crippen LogP contribution in [0.25, 0.3) is 5.57 Å². The molecule has 1 atom stereocenters. The highest BCUT2D eigenvalue weighted by atomic mass is 19.1. The van der Waals surface area contributed by atoms with Crippen LogP contribution in [0.4, 0.5) is 4.39 Å². The molecule has 2 bridgehead atoms. The van der Waals surface area contributed by atoms with Crippen molar-refractivity contribution in [3.63, 3.8) is 0 Å². The molecule has 156 valence electrons. The molecular weight excluding hydrogens is 333 g/mol. The second kappa shape index (κ2) is 15.9. The van der Waals surface area contributed by atoms with E-state index < -0.39 is 0 Å². The van der Waals surface area contributed by atoms with Gasteiger partial charge in [0.1, 0.15) is 6.67 Å². The fraction of sp³-hybridized carbons (Fsp3) is 0.680. The average Bonchev–Trinajstić information content (AvgIpc) is 2.79. The molecule has 0 N–H and O–H groups in total. The van der Waals surface area contributed by atoms with Crippen LogP contribution >= 0.6 is 0 Å². The number of hydrogen-bond donors (Lipinski definition) is 0. The minimum atomic E-state index is -0.370. The Labute approximate surface area is 169 Å². The Morgan fingerprint density at radius 3 is 1.96 bits per heavy atom. The predicted octanol–water partition coefficient (Wildman–Crippen LogP) is 7.76. The lowest BCUT2D eigenvalue weighted by molar-refractivity contribution is 0.0475. The molecule has 0 radical (unpaired) electrons. The maximum atomic E-state index is 12.6. The first-order chi connectivity index (χ1) is 13.3. The highest BCUT2D eigenvalue weighted by molar-refractivity contribution is 5.65. The molecule has 4 rings (SSSR count). The van der Waals surface area contributed by atoms with E-state index in [2.05, 4.69) is 30.0 Å². The molecule has 0 saturated carbocycles. The quantitative estimate of drug-likeness (QED) is 0.507. The fourth-order valence-corrected chi connectivity index (χ4v) is 4.02. The number of alkyl halides is 1. The summed E-state index contributed by atoms with van der Waals surface area (Å²) in [6, 6.07) is 7.96. The molecule has 0 aromatic heterocycles. The number of rotatable bonds is 5. The van der Waals surface area contributed by atoms with Gasteiger partial charge in [-0.3, -0.25) is 0 Å². The third-order valence-electron chi connectivity index (χ3n) is 5.40. The zero-order valence-corrected chi connectivity index (χ0v) is 19.0. The largest absolute Gasteiger partial charge is 0.303 e. The molecule has 3 aliphatic heterocycles. The van der Waals surface area contributed by atoms with Crippen molar-refractivity contribution in [2.24, 2.45) is 11.8 Å². The van der Waals surface area contributed by atoms with Crippen molar-refractivity contribution in [1.82, 2.24) is 4.90 Å². The molecule has 3 aliphatic rings. The first kappa shape index (κ1) is 25.9. The van der Waals surface area contributed by atoms with Gasteiger partial charge in [0.05, 0.1) is 0 Å². The van der Waals surface area contributed by atoms with E-state index in [1.54, 1.807) is 0 Å². The standard InChI is InChI=1S/C19H26FN.3C2H6/c1-2-16(17-5-3-15(13-20)4-6-17)7-8-19-14-21-11-9-18(19)10-12-21;3*1-2/h2-6,18-19H,7-14H2,1H3;3*1-2H3/b16-2+;;;. The van der Waals surface area contributed by atoms with Crippen LogP contribution < -0.4 is 0 Å². The van der Waals surface area contributed by atoms with E-state index in [9.17, 15) is 4.39 Å². The van der Waals surface area contributed by atoms with Crippen LogP contribution in [0.3, 0.4) is 0 Å². The first-order valence-electron chi connectivity index (χ1n) is 11.3. The van der Waals surface area contributed by atoms with Crippen LogP contribution in [0.2, 0.25) is 0 Å². The number of piperidine rings is 3. The highest BCUT2D eigenvalue weighted by Crippen LogP contribution is 2.36. The van der Waals surface area contributed by atoms with E-state index in [0.29, 0.717) is 0 Å². The van der Waals surface area contributed by atoms with Gasteiger partial charge in [-0.2, -0.15) is 0 Å². The zero-order valence-electron chi connectivity index (χ0n) is 19.0. The summed E-state index contributed by atoms with van der Waals surface area (Å²) in [4.78, 5) is 2.63. The van der Waals surface area contributed by atoms with Crippen LogP contribution in [-0.4, -0.2) is 24.5 Å². The Hall–Kier alpha value is -1.15. The number of nitrogens with zero attached hydrogens (tertiary/aromatic N) is 1. The predicted molar refractivity (Wildman–Crippen MR) is 121 cm³/mol. The Morgan fingerprint density at radius 1 is 1.00 bits per heavy atom. The number of halogens is 1. The second-order valence-corrected chi connectivity index (χ2v) is 6.58. The van der Waals surface area contributed by atoms with Crippen molar-refractivity contribution < 1.29 is 4.39 Å². The first-order valence-corrected chi connectivity index (χ1v) is 11.3. The van der Waals surface area contributed by atoms with Gasteiger partial charge in [0.25, 0.3) is 0 Å². The molecule has 0 spiro atoms. The van der Waals surface area contributed by atoms with E-state index >= 15 is 0 Å². The van der Waals surface area contributed by atoms with Crippen LogP contribution in [-0.2, 0) is 6.67 Å². The number of allylic oxidation sites excluding steroid dienone is 2. The van der Waals surface area contributed by atoms with Crippen molar-refractivity contribution in [1.29, 1.82) is 0 Å². The molecule has 0 amide bonds. The second-order valence-electron chi connectivity index (χ2n) is 6.58. The summed E-state index contributed by atoms with van der Waals surface area (Å²) in [5.41, 5.74) is 3.44.